The van der Waals surface area contributed by atoms with Gasteiger partial charge in [-0.15, -0.1) is 10.2 Å². The van der Waals surface area contributed by atoms with E-state index in [4.69, 9.17) is 4.42 Å². The number of aryl methyl sites for hydroxylation is 3. The van der Waals surface area contributed by atoms with Crippen LogP contribution in [0.3, 0.4) is 0 Å². The Balaban J connectivity index is 2.28. The molecule has 0 aliphatic rings. The van der Waals surface area contributed by atoms with E-state index in [1.54, 1.807) is 13.8 Å². The van der Waals surface area contributed by atoms with Gasteiger partial charge < -0.3 is 9.52 Å². The molecule has 2 heterocycles. The van der Waals surface area contributed by atoms with Crippen LogP contribution in [0, 0.1) is 13.8 Å². The summed E-state index contributed by atoms with van der Waals surface area (Å²) < 4.78 is 5.26. The Bertz CT molecular complexity index is 642. The van der Waals surface area contributed by atoms with Crippen LogP contribution in [-0.2, 0) is 12.2 Å². The Kier molecular flexibility index (Phi) is 4.33. The van der Waals surface area contributed by atoms with Gasteiger partial charge in [0.1, 0.15) is 16.4 Å². The maximum Gasteiger partial charge on any atom is 0.340 e. The number of aromatic nitrogens is 4. The zero-order valence-corrected chi connectivity index (χ0v) is 12.2. The molecular weight excluding hydrogens is 280 g/mol. The van der Waals surface area contributed by atoms with Gasteiger partial charge in [-0.3, -0.25) is 0 Å². The third-order valence-electron chi connectivity index (χ3n) is 2.53. The van der Waals surface area contributed by atoms with Gasteiger partial charge in [-0.25, -0.2) is 14.8 Å². The van der Waals surface area contributed by atoms with E-state index in [0.29, 0.717) is 40.5 Å². The second-order valence-corrected chi connectivity index (χ2v) is 5.03. The van der Waals surface area contributed by atoms with Crippen molar-refractivity contribution in [3.8, 4) is 0 Å². The highest BCUT2D eigenvalue weighted by molar-refractivity contribution is 7.98. The van der Waals surface area contributed by atoms with Crippen LogP contribution in [0.25, 0.3) is 0 Å². The number of rotatable bonds is 5. The standard InChI is InChI=1S/C12H14N4O3S/c1-4-8-13-6(2)10(12(17)18)11(14-8)20-5-9-16-15-7(3)19-9/h4-5H2,1-3H3,(H,17,18). The van der Waals surface area contributed by atoms with Gasteiger partial charge in [-0.1, -0.05) is 18.7 Å². The Morgan fingerprint density at radius 1 is 1.30 bits per heavy atom. The van der Waals surface area contributed by atoms with Crippen molar-refractivity contribution in [3.05, 3.63) is 28.9 Å². The first kappa shape index (κ1) is 14.4. The molecule has 0 fully saturated rings. The molecule has 0 aromatic carbocycles. The van der Waals surface area contributed by atoms with Crippen molar-refractivity contribution in [2.24, 2.45) is 0 Å². The van der Waals surface area contributed by atoms with Gasteiger partial charge in [-0.05, 0) is 6.92 Å². The second-order valence-electron chi connectivity index (χ2n) is 4.07. The third kappa shape index (κ3) is 3.13. The Morgan fingerprint density at radius 3 is 2.60 bits per heavy atom. The summed E-state index contributed by atoms with van der Waals surface area (Å²) >= 11 is 1.26. The zero-order chi connectivity index (χ0) is 14.7. The van der Waals surface area contributed by atoms with Crippen molar-refractivity contribution < 1.29 is 14.3 Å². The molecule has 7 nitrogen and oxygen atoms in total. The fourth-order valence-electron chi connectivity index (χ4n) is 1.64. The van der Waals surface area contributed by atoms with Gasteiger partial charge in [0.2, 0.25) is 11.8 Å². The van der Waals surface area contributed by atoms with Gasteiger partial charge in [0.05, 0.1) is 11.4 Å². The van der Waals surface area contributed by atoms with Gasteiger partial charge in [-0.2, -0.15) is 0 Å². The molecule has 0 aliphatic heterocycles. The molecule has 8 heteroatoms. The molecule has 0 aliphatic carbocycles. The molecule has 0 saturated heterocycles. The molecule has 0 spiro atoms. The maximum atomic E-state index is 11.3. The average molecular weight is 294 g/mol. The van der Waals surface area contributed by atoms with Crippen LogP contribution in [0.1, 0.15) is 40.6 Å². The third-order valence-corrected chi connectivity index (χ3v) is 3.49. The first-order chi connectivity index (χ1) is 9.51. The lowest BCUT2D eigenvalue weighted by atomic mass is 10.2. The van der Waals surface area contributed by atoms with Crippen LogP contribution in [0.4, 0.5) is 0 Å². The zero-order valence-electron chi connectivity index (χ0n) is 11.4. The molecule has 0 unspecified atom stereocenters. The van der Waals surface area contributed by atoms with Crippen molar-refractivity contribution in [1.82, 2.24) is 20.2 Å². The summed E-state index contributed by atoms with van der Waals surface area (Å²) in [5, 5.41) is 17.3. The summed E-state index contributed by atoms with van der Waals surface area (Å²) in [5.74, 6) is 0.886. The van der Waals surface area contributed by atoms with Crippen molar-refractivity contribution in [2.45, 2.75) is 38.0 Å². The Labute approximate surface area is 119 Å². The number of hydrogen-bond donors (Lipinski definition) is 1. The van der Waals surface area contributed by atoms with Crippen LogP contribution in [0.2, 0.25) is 0 Å². The maximum absolute atomic E-state index is 11.3. The molecule has 0 bridgehead atoms. The number of aromatic carboxylic acids is 1. The van der Waals surface area contributed by atoms with E-state index in [0.717, 1.165) is 0 Å². The smallest absolute Gasteiger partial charge is 0.340 e. The Morgan fingerprint density at radius 2 is 2.05 bits per heavy atom. The summed E-state index contributed by atoms with van der Waals surface area (Å²) in [4.78, 5) is 19.8. The number of hydrogen-bond acceptors (Lipinski definition) is 7. The predicted molar refractivity (Wildman–Crippen MR) is 71.7 cm³/mol. The highest BCUT2D eigenvalue weighted by Crippen LogP contribution is 2.26. The fraction of sp³-hybridized carbons (Fsp3) is 0.417. The topological polar surface area (TPSA) is 102 Å². The minimum absolute atomic E-state index is 0.128. The molecule has 0 amide bonds. The lowest BCUT2D eigenvalue weighted by molar-refractivity contribution is 0.0690. The fourth-order valence-corrected chi connectivity index (χ4v) is 2.56. The summed E-state index contributed by atoms with van der Waals surface area (Å²) in [6, 6.07) is 0. The Hall–Kier alpha value is -1.96. The summed E-state index contributed by atoms with van der Waals surface area (Å²) in [5.41, 5.74) is 0.594. The van der Waals surface area contributed by atoms with E-state index in [1.165, 1.54) is 11.8 Å². The number of thioether (sulfide) groups is 1. The quantitative estimate of drug-likeness (QED) is 0.660. The first-order valence-electron chi connectivity index (χ1n) is 6.03. The van der Waals surface area contributed by atoms with Crippen LogP contribution < -0.4 is 0 Å². The van der Waals surface area contributed by atoms with Crippen molar-refractivity contribution in [3.63, 3.8) is 0 Å². The number of carboxylic acids is 1. The molecule has 20 heavy (non-hydrogen) atoms. The van der Waals surface area contributed by atoms with Crippen molar-refractivity contribution in [2.75, 3.05) is 0 Å². The normalized spacial score (nSPS) is 10.8. The van der Waals surface area contributed by atoms with Crippen LogP contribution in [-0.4, -0.2) is 31.2 Å². The highest BCUT2D eigenvalue weighted by Gasteiger charge is 2.18. The molecular formula is C12H14N4O3S. The molecule has 0 atom stereocenters. The van der Waals surface area contributed by atoms with E-state index in [-0.39, 0.29) is 5.56 Å². The summed E-state index contributed by atoms with van der Waals surface area (Å²) in [6.45, 7) is 5.30. The van der Waals surface area contributed by atoms with Gasteiger partial charge in [0.15, 0.2) is 0 Å². The number of carboxylic acid groups (broad SMARTS) is 1. The molecule has 0 radical (unpaired) electrons. The van der Waals surface area contributed by atoms with E-state index < -0.39 is 5.97 Å². The van der Waals surface area contributed by atoms with E-state index in [9.17, 15) is 9.90 Å². The van der Waals surface area contributed by atoms with Crippen LogP contribution in [0.15, 0.2) is 9.44 Å². The molecule has 1 N–H and O–H groups in total. The van der Waals surface area contributed by atoms with Crippen LogP contribution >= 0.6 is 11.8 Å². The summed E-state index contributed by atoms with van der Waals surface area (Å²) in [6.07, 6.45) is 0.647. The minimum atomic E-state index is -1.03. The molecule has 2 rings (SSSR count). The highest BCUT2D eigenvalue weighted by atomic mass is 32.2. The van der Waals surface area contributed by atoms with Gasteiger partial charge in [0.25, 0.3) is 0 Å². The van der Waals surface area contributed by atoms with Crippen molar-refractivity contribution >= 4 is 17.7 Å². The van der Waals surface area contributed by atoms with Crippen LogP contribution in [0.5, 0.6) is 0 Å². The lowest BCUT2D eigenvalue weighted by Gasteiger charge is -2.08. The second kappa shape index (κ2) is 6.00. The summed E-state index contributed by atoms with van der Waals surface area (Å²) in [7, 11) is 0. The number of carbonyl (C=O) groups is 1. The van der Waals surface area contributed by atoms with Gasteiger partial charge in [0, 0.05) is 13.3 Å². The van der Waals surface area contributed by atoms with E-state index in [1.807, 2.05) is 6.92 Å². The minimum Gasteiger partial charge on any atom is -0.478 e. The molecule has 2 aromatic heterocycles. The first-order valence-corrected chi connectivity index (χ1v) is 7.02. The van der Waals surface area contributed by atoms with Gasteiger partial charge >= 0.3 is 5.97 Å². The SMILES string of the molecule is CCc1nc(C)c(C(=O)O)c(SCc2nnc(C)o2)n1. The molecule has 0 saturated carbocycles. The average Bonchev–Trinajstić information content (AvgIpc) is 2.81. The number of nitrogens with zero attached hydrogens (tertiary/aromatic N) is 4. The monoisotopic (exact) mass is 294 g/mol. The molecule has 106 valence electrons. The molecule has 2 aromatic rings. The predicted octanol–water partition coefficient (Wildman–Crippen LogP) is 2.03. The lowest BCUT2D eigenvalue weighted by Crippen LogP contribution is -2.09. The largest absolute Gasteiger partial charge is 0.478 e. The van der Waals surface area contributed by atoms with E-state index >= 15 is 0 Å². The van der Waals surface area contributed by atoms with E-state index in [2.05, 4.69) is 20.2 Å². The van der Waals surface area contributed by atoms with Crippen molar-refractivity contribution in [1.29, 1.82) is 0 Å².